The molecule has 0 bridgehead atoms. The normalized spacial score (nSPS) is 14.7. The molecule has 156 valence electrons. The Balaban J connectivity index is 1.52. The summed E-state index contributed by atoms with van der Waals surface area (Å²) < 4.78 is 28.7. The quantitative estimate of drug-likeness (QED) is 0.629. The fraction of sp³-hybridized carbons (Fsp3) is 0.238. The molecule has 0 spiro atoms. The molecule has 1 aliphatic rings. The number of amides is 1. The molecule has 30 heavy (non-hydrogen) atoms. The number of nitrogens with one attached hydrogen (secondary N) is 1. The van der Waals surface area contributed by atoms with Crippen molar-refractivity contribution < 1.29 is 13.2 Å². The highest BCUT2D eigenvalue weighted by atomic mass is 35.5. The fourth-order valence-electron chi connectivity index (χ4n) is 3.44. The van der Waals surface area contributed by atoms with Gasteiger partial charge in [0.1, 0.15) is 5.82 Å². The second-order valence-corrected chi connectivity index (χ2v) is 9.47. The van der Waals surface area contributed by atoms with Crippen LogP contribution in [0.25, 0.3) is 0 Å². The molecule has 9 heteroatoms. The molecule has 3 aromatic rings. The molecule has 0 saturated carbocycles. The predicted molar refractivity (Wildman–Crippen MR) is 115 cm³/mol. The Morgan fingerprint density at radius 1 is 1.07 bits per heavy atom. The highest BCUT2D eigenvalue weighted by Gasteiger charge is 2.27. The van der Waals surface area contributed by atoms with Gasteiger partial charge in [-0.25, -0.2) is 13.1 Å². The topological polar surface area (TPSA) is 84.3 Å². The van der Waals surface area contributed by atoms with Crippen LogP contribution in [-0.4, -0.2) is 41.5 Å². The lowest BCUT2D eigenvalue weighted by Crippen LogP contribution is -2.28. The first-order chi connectivity index (χ1) is 14.4. The average molecular weight is 445 g/mol. The van der Waals surface area contributed by atoms with E-state index < -0.39 is 15.9 Å². The molecule has 7 nitrogen and oxygen atoms in total. The van der Waals surface area contributed by atoms with Crippen LogP contribution < -0.4 is 5.32 Å². The Morgan fingerprint density at radius 2 is 1.83 bits per heavy atom. The zero-order chi connectivity index (χ0) is 21.1. The maximum Gasteiger partial charge on any atom is 0.256 e. The summed E-state index contributed by atoms with van der Waals surface area (Å²) in [7, 11) is -3.59. The number of halogens is 1. The van der Waals surface area contributed by atoms with E-state index in [2.05, 4.69) is 10.4 Å². The number of carbonyl (C=O) groups is 1. The van der Waals surface area contributed by atoms with Crippen LogP contribution in [0.2, 0.25) is 5.02 Å². The molecule has 0 aliphatic carbocycles. The molecule has 1 N–H and O–H groups in total. The van der Waals surface area contributed by atoms with Crippen LogP contribution in [0.3, 0.4) is 0 Å². The van der Waals surface area contributed by atoms with Gasteiger partial charge in [0.15, 0.2) is 0 Å². The van der Waals surface area contributed by atoms with Crippen molar-refractivity contribution in [3.63, 3.8) is 0 Å². The summed E-state index contributed by atoms with van der Waals surface area (Å²) in [6, 6.07) is 15.2. The lowest BCUT2D eigenvalue weighted by molar-refractivity contribution is 0.102. The average Bonchev–Trinajstić information content (AvgIpc) is 3.41. The Morgan fingerprint density at radius 3 is 2.60 bits per heavy atom. The summed E-state index contributed by atoms with van der Waals surface area (Å²) in [5, 5.41) is 7.69. The van der Waals surface area contributed by atoms with Crippen molar-refractivity contribution in [2.24, 2.45) is 0 Å². The van der Waals surface area contributed by atoms with Crippen molar-refractivity contribution >= 4 is 33.3 Å². The van der Waals surface area contributed by atoms with Gasteiger partial charge in [-0.2, -0.15) is 9.40 Å². The third-order valence-electron chi connectivity index (χ3n) is 4.98. The van der Waals surface area contributed by atoms with Crippen LogP contribution in [-0.2, 0) is 16.6 Å². The Bertz CT molecular complexity index is 1170. The Kier molecular flexibility index (Phi) is 5.90. The van der Waals surface area contributed by atoms with E-state index in [4.69, 9.17) is 11.6 Å². The smallest absolute Gasteiger partial charge is 0.256 e. The number of hydrogen-bond acceptors (Lipinski definition) is 4. The molecule has 2 heterocycles. The van der Waals surface area contributed by atoms with E-state index in [-0.39, 0.29) is 10.5 Å². The van der Waals surface area contributed by atoms with Gasteiger partial charge in [0, 0.05) is 29.7 Å². The largest absolute Gasteiger partial charge is 0.307 e. The number of aromatic nitrogens is 2. The molecular weight excluding hydrogens is 424 g/mol. The maximum atomic E-state index is 12.8. The third-order valence-corrected chi connectivity index (χ3v) is 7.11. The van der Waals surface area contributed by atoms with E-state index in [0.29, 0.717) is 30.5 Å². The second-order valence-electron chi connectivity index (χ2n) is 7.10. The van der Waals surface area contributed by atoms with Crippen molar-refractivity contribution in [1.82, 2.24) is 14.1 Å². The van der Waals surface area contributed by atoms with E-state index in [0.717, 1.165) is 18.4 Å². The molecule has 2 aromatic carbocycles. The summed E-state index contributed by atoms with van der Waals surface area (Å²) >= 11 is 6.04. The van der Waals surface area contributed by atoms with Gasteiger partial charge in [-0.1, -0.05) is 29.8 Å². The second kappa shape index (κ2) is 8.59. The fourth-order valence-corrected chi connectivity index (χ4v) is 5.21. The van der Waals surface area contributed by atoms with E-state index in [9.17, 15) is 13.2 Å². The lowest BCUT2D eigenvalue weighted by atomic mass is 10.2. The Labute approximate surface area is 180 Å². The molecule has 1 aromatic heterocycles. The minimum Gasteiger partial charge on any atom is -0.307 e. The standard InChI is InChI=1S/C21H21ClN4O3S/c22-18-7-3-5-16(13-18)15-26-20(9-10-23-26)24-21(27)17-6-4-8-19(14-17)30(28,29)25-11-1-2-12-25/h3-10,13-14H,1-2,11-12,15H2,(H,24,27). The van der Waals surface area contributed by atoms with Crippen LogP contribution in [0.4, 0.5) is 5.82 Å². The number of rotatable bonds is 6. The van der Waals surface area contributed by atoms with E-state index in [1.807, 2.05) is 18.2 Å². The summed E-state index contributed by atoms with van der Waals surface area (Å²) in [5.41, 5.74) is 1.21. The number of anilines is 1. The van der Waals surface area contributed by atoms with Gasteiger partial charge >= 0.3 is 0 Å². The van der Waals surface area contributed by atoms with Crippen LogP contribution in [0.15, 0.2) is 65.7 Å². The van der Waals surface area contributed by atoms with Crippen molar-refractivity contribution in [2.75, 3.05) is 18.4 Å². The maximum absolute atomic E-state index is 12.8. The van der Waals surface area contributed by atoms with Gasteiger partial charge in [-0.3, -0.25) is 4.79 Å². The molecule has 0 unspecified atom stereocenters. The molecule has 1 saturated heterocycles. The van der Waals surface area contributed by atoms with Crippen LogP contribution in [0.5, 0.6) is 0 Å². The van der Waals surface area contributed by atoms with Crippen molar-refractivity contribution in [3.05, 3.63) is 76.9 Å². The predicted octanol–water partition coefficient (Wildman–Crippen LogP) is 3.62. The molecule has 4 rings (SSSR count). The summed E-state index contributed by atoms with van der Waals surface area (Å²) in [6.07, 6.45) is 3.31. The minimum absolute atomic E-state index is 0.129. The Hall–Kier alpha value is -2.68. The van der Waals surface area contributed by atoms with Crippen LogP contribution >= 0.6 is 11.6 Å². The number of benzene rings is 2. The highest BCUT2D eigenvalue weighted by Crippen LogP contribution is 2.22. The third kappa shape index (κ3) is 4.40. The SMILES string of the molecule is O=C(Nc1ccnn1Cc1cccc(Cl)c1)c1cccc(S(=O)(=O)N2CCCC2)c1. The van der Waals surface area contributed by atoms with Crippen molar-refractivity contribution in [3.8, 4) is 0 Å². The molecular formula is C21H21ClN4O3S. The summed E-state index contributed by atoms with van der Waals surface area (Å²) in [6.45, 7) is 1.47. The summed E-state index contributed by atoms with van der Waals surface area (Å²) in [4.78, 5) is 12.9. The number of nitrogens with zero attached hydrogens (tertiary/aromatic N) is 3. The van der Waals surface area contributed by atoms with Crippen LogP contribution in [0.1, 0.15) is 28.8 Å². The van der Waals surface area contributed by atoms with Gasteiger partial charge in [-0.05, 0) is 48.7 Å². The molecule has 1 aliphatic heterocycles. The minimum atomic E-state index is -3.59. The zero-order valence-corrected chi connectivity index (χ0v) is 17.7. The van der Waals surface area contributed by atoms with Gasteiger partial charge in [0.05, 0.1) is 17.6 Å². The molecule has 0 atom stereocenters. The first-order valence-electron chi connectivity index (χ1n) is 9.61. The first kappa shape index (κ1) is 20.6. The van der Waals surface area contributed by atoms with Gasteiger partial charge < -0.3 is 5.32 Å². The van der Waals surface area contributed by atoms with Crippen LogP contribution in [0, 0.1) is 0 Å². The van der Waals surface area contributed by atoms with E-state index in [1.165, 1.54) is 16.4 Å². The van der Waals surface area contributed by atoms with Gasteiger partial charge in [0.25, 0.3) is 5.91 Å². The van der Waals surface area contributed by atoms with Crippen molar-refractivity contribution in [1.29, 1.82) is 0 Å². The van der Waals surface area contributed by atoms with Gasteiger partial charge in [-0.15, -0.1) is 0 Å². The number of sulfonamides is 1. The number of carbonyl (C=O) groups excluding carboxylic acids is 1. The van der Waals surface area contributed by atoms with E-state index >= 15 is 0 Å². The van der Waals surface area contributed by atoms with E-state index in [1.54, 1.807) is 35.1 Å². The van der Waals surface area contributed by atoms with Gasteiger partial charge in [0.2, 0.25) is 10.0 Å². The first-order valence-corrected chi connectivity index (χ1v) is 11.4. The summed E-state index contributed by atoms with van der Waals surface area (Å²) in [5.74, 6) is 0.106. The molecule has 1 fully saturated rings. The highest BCUT2D eigenvalue weighted by molar-refractivity contribution is 7.89. The zero-order valence-electron chi connectivity index (χ0n) is 16.2. The number of hydrogen-bond donors (Lipinski definition) is 1. The molecule has 0 radical (unpaired) electrons. The monoisotopic (exact) mass is 444 g/mol. The molecule has 1 amide bonds. The van der Waals surface area contributed by atoms with Crippen molar-refractivity contribution in [2.45, 2.75) is 24.3 Å². The lowest BCUT2D eigenvalue weighted by Gasteiger charge is -2.16.